The van der Waals surface area contributed by atoms with Gasteiger partial charge in [-0.25, -0.2) is 0 Å². The van der Waals surface area contributed by atoms with Gasteiger partial charge in [0.2, 0.25) is 0 Å². The van der Waals surface area contributed by atoms with Crippen LogP contribution in [0, 0.1) is 151 Å². The summed E-state index contributed by atoms with van der Waals surface area (Å²) in [6.07, 6.45) is 42.1. The summed E-state index contributed by atoms with van der Waals surface area (Å²) in [7, 11) is 0. The third kappa shape index (κ3) is 9.91. The van der Waals surface area contributed by atoms with E-state index < -0.39 is 0 Å². The summed E-state index contributed by atoms with van der Waals surface area (Å²) >= 11 is 0. The Hall–Kier alpha value is 0.159. The molecule has 4 rings (SSSR count). The Bertz CT molecular complexity index is 353. The molecule has 0 aromatic rings. The molecule has 0 aromatic carbocycles. The first-order valence-electron chi connectivity index (χ1n) is 7.64. The average Bonchev–Trinajstić information content (AvgIpc) is 3.45. The van der Waals surface area contributed by atoms with Crippen LogP contribution >= 0.6 is 0 Å². The molecule has 4 fully saturated rings. The summed E-state index contributed by atoms with van der Waals surface area (Å²) in [5.74, 6) is 9.55. The maximum Gasteiger partial charge on any atom is 2.00 e. The summed E-state index contributed by atoms with van der Waals surface area (Å²) in [5, 5.41) is 0. The van der Waals surface area contributed by atoms with E-state index in [4.69, 9.17) is 12.8 Å². The van der Waals surface area contributed by atoms with Crippen LogP contribution in [-0.2, 0) is 34.1 Å². The van der Waals surface area contributed by atoms with Gasteiger partial charge in [0, 0.05) is 0 Å². The normalized spacial score (nSPS) is 23.5. The molecule has 0 amide bonds. The van der Waals surface area contributed by atoms with Crippen molar-refractivity contribution >= 4 is 0 Å². The molecule has 2 heteroatoms. The first-order valence-corrected chi connectivity index (χ1v) is 7.64. The second-order valence-corrected chi connectivity index (χ2v) is 4.98. The number of rotatable bonds is 1. The Balaban J connectivity index is 0.000000356. The van der Waals surface area contributed by atoms with E-state index in [0.717, 1.165) is 11.8 Å². The van der Waals surface area contributed by atoms with E-state index in [9.17, 15) is 0 Å². The molecule has 0 heterocycles. The van der Waals surface area contributed by atoms with Gasteiger partial charge in [-0.3, -0.25) is 0 Å². The van der Waals surface area contributed by atoms with Crippen molar-refractivity contribution < 1.29 is 34.1 Å². The molecule has 20 radical (unpaired) electrons. The molecule has 0 aliphatic heterocycles. The summed E-state index contributed by atoms with van der Waals surface area (Å²) in [4.78, 5) is 0. The molecule has 0 unspecified atom stereocenters. The Kier molecular flexibility index (Phi) is 16.2. The van der Waals surface area contributed by atoms with Crippen LogP contribution in [0.3, 0.4) is 0 Å². The summed E-state index contributed by atoms with van der Waals surface area (Å²) in [6, 6.07) is 0. The van der Waals surface area contributed by atoms with Gasteiger partial charge in [-0.05, 0) is 115 Å². The topological polar surface area (TPSA) is 0 Å². The molecule has 0 nitrogen and oxygen atoms in total. The van der Waals surface area contributed by atoms with Gasteiger partial charge in [0.1, 0.15) is 0 Å². The van der Waals surface area contributed by atoms with E-state index in [-0.39, 0.29) is 34.1 Å². The van der Waals surface area contributed by atoms with Crippen LogP contribution in [0.25, 0.3) is 0 Å². The molecule has 4 saturated carbocycles. The fraction of sp³-hybridized carbons (Fsp3) is 0. The smallest absolute Gasteiger partial charge is 0.119 e. The van der Waals surface area contributed by atoms with Crippen LogP contribution in [0.15, 0.2) is 0 Å². The monoisotopic (exact) mass is 418 g/mol. The Morgan fingerprint density at radius 2 is 0.654 bits per heavy atom. The standard InChI is InChI=1S/C10H8.2C7H5.2Fe/c1-2-6-9(5-1)10-7-3-4-8-10;2*1-2-7-5-3-4-6-7;;/h1-8H;2*1,3-6H;;/q;;;2*+2. The van der Waals surface area contributed by atoms with Gasteiger partial charge in [-0.1, -0.05) is 11.8 Å². The van der Waals surface area contributed by atoms with Gasteiger partial charge < -0.3 is 0 Å². The van der Waals surface area contributed by atoms with Crippen molar-refractivity contribution in [3.8, 4) is 24.7 Å². The number of hydrogen-bond donors (Lipinski definition) is 0. The Morgan fingerprint density at radius 3 is 0.846 bits per heavy atom. The van der Waals surface area contributed by atoms with Crippen LogP contribution in [-0.4, -0.2) is 0 Å². The van der Waals surface area contributed by atoms with E-state index in [1.807, 2.05) is 51.4 Å². The minimum Gasteiger partial charge on any atom is -0.119 e. The minimum absolute atomic E-state index is 0. The molecule has 0 saturated heterocycles. The second-order valence-electron chi connectivity index (χ2n) is 4.98. The predicted molar refractivity (Wildman–Crippen MR) is 99.4 cm³/mol. The number of terminal acetylenes is 2. The molecule has 0 aromatic heterocycles. The van der Waals surface area contributed by atoms with Crippen LogP contribution in [0.2, 0.25) is 0 Å². The van der Waals surface area contributed by atoms with Crippen molar-refractivity contribution in [2.24, 2.45) is 0 Å². The molecule has 26 heavy (non-hydrogen) atoms. The second kappa shape index (κ2) is 16.1. The maximum absolute atomic E-state index is 5.04. The van der Waals surface area contributed by atoms with Gasteiger partial charge in [-0.15, -0.1) is 12.8 Å². The quantitative estimate of drug-likeness (QED) is 0.449. The molecule has 4 aliphatic carbocycles. The first kappa shape index (κ1) is 26.2. The zero-order chi connectivity index (χ0) is 17.0. The fourth-order valence-electron chi connectivity index (χ4n) is 2.07. The molecular formula is C24H18Fe2+4. The molecular weight excluding hydrogens is 400 g/mol. The van der Waals surface area contributed by atoms with Crippen LogP contribution in [0.4, 0.5) is 0 Å². The van der Waals surface area contributed by atoms with Gasteiger partial charge in [0.05, 0.1) is 11.8 Å². The van der Waals surface area contributed by atoms with Crippen molar-refractivity contribution in [2.45, 2.75) is 0 Å². The van der Waals surface area contributed by atoms with Crippen molar-refractivity contribution in [1.29, 1.82) is 0 Å². The molecule has 4 aliphatic rings. The molecule has 0 N–H and O–H groups in total. The Labute approximate surface area is 184 Å². The maximum atomic E-state index is 5.04. The third-order valence-electron chi connectivity index (χ3n) is 3.32. The third-order valence-corrected chi connectivity index (χ3v) is 3.32. The average molecular weight is 418 g/mol. The Morgan fingerprint density at radius 1 is 0.423 bits per heavy atom. The molecule has 0 bridgehead atoms. The summed E-state index contributed by atoms with van der Waals surface area (Å²) < 4.78 is 0. The minimum atomic E-state index is 0. The predicted octanol–water partition coefficient (Wildman–Crippen LogP) is 3.84. The SMILES string of the molecule is C#C[C]1[CH][CH][CH][CH]1.C#C[C]1[CH][CH][CH][CH]1.[CH]1[CH][CH][C]([C]2[CH][CH][CH][CH]2)[CH]1.[Fe+2].[Fe+2]. The molecule has 126 valence electrons. The fourth-order valence-corrected chi connectivity index (χ4v) is 2.07. The largest absolute Gasteiger partial charge is 2.00 e. The van der Waals surface area contributed by atoms with Gasteiger partial charge in [0.15, 0.2) is 0 Å². The van der Waals surface area contributed by atoms with Crippen molar-refractivity contribution in [3.63, 3.8) is 0 Å². The van der Waals surface area contributed by atoms with E-state index in [1.165, 1.54) is 11.8 Å². The first-order chi connectivity index (χ1) is 11.8. The molecule has 0 spiro atoms. The van der Waals surface area contributed by atoms with Crippen molar-refractivity contribution in [3.05, 3.63) is 126 Å². The van der Waals surface area contributed by atoms with Gasteiger partial charge >= 0.3 is 34.1 Å². The zero-order valence-corrected chi connectivity index (χ0v) is 16.3. The zero-order valence-electron chi connectivity index (χ0n) is 14.1. The van der Waals surface area contributed by atoms with Gasteiger partial charge in [0.25, 0.3) is 0 Å². The number of hydrogen-bond acceptors (Lipinski definition) is 0. The molecule has 0 atom stereocenters. The van der Waals surface area contributed by atoms with Gasteiger partial charge in [-0.2, -0.15) is 0 Å². The van der Waals surface area contributed by atoms with Crippen LogP contribution in [0.1, 0.15) is 0 Å². The van der Waals surface area contributed by atoms with Crippen LogP contribution < -0.4 is 0 Å². The van der Waals surface area contributed by atoms with Crippen LogP contribution in [0.5, 0.6) is 0 Å². The summed E-state index contributed by atoms with van der Waals surface area (Å²) in [5.41, 5.74) is 0. The van der Waals surface area contributed by atoms with Crippen molar-refractivity contribution in [1.82, 2.24) is 0 Å². The van der Waals surface area contributed by atoms with E-state index in [2.05, 4.69) is 63.2 Å². The van der Waals surface area contributed by atoms with Crippen molar-refractivity contribution in [2.75, 3.05) is 0 Å². The van der Waals surface area contributed by atoms with E-state index >= 15 is 0 Å². The van der Waals surface area contributed by atoms with E-state index in [1.54, 1.807) is 0 Å². The summed E-state index contributed by atoms with van der Waals surface area (Å²) in [6.45, 7) is 0. The van der Waals surface area contributed by atoms with E-state index in [0.29, 0.717) is 0 Å².